The number of H-pyrrole nitrogens is 1. The largest absolute Gasteiger partial charge is 0.497 e. The van der Waals surface area contributed by atoms with Crippen molar-refractivity contribution in [2.45, 2.75) is 0 Å². The molecule has 3 heteroatoms. The standard InChI is InChI=1S/C16H14N2O/c1-19-14-6-7-16-15(9-14)13(11-18-16)5-4-12-3-2-8-17-10-12/h2-11,18H,1H3/b5-4+. The molecule has 0 aliphatic carbocycles. The van der Waals surface area contributed by atoms with Crippen molar-refractivity contribution in [3.8, 4) is 5.75 Å². The number of rotatable bonds is 3. The molecule has 2 heterocycles. The average molecular weight is 250 g/mol. The van der Waals surface area contributed by atoms with Crippen LogP contribution < -0.4 is 4.74 Å². The van der Waals surface area contributed by atoms with Crippen LogP contribution in [-0.4, -0.2) is 17.1 Å². The Morgan fingerprint density at radius 2 is 2.16 bits per heavy atom. The van der Waals surface area contributed by atoms with Gasteiger partial charge in [-0.3, -0.25) is 4.98 Å². The third-order valence-corrected chi connectivity index (χ3v) is 3.06. The van der Waals surface area contributed by atoms with Crippen molar-refractivity contribution >= 4 is 23.1 Å². The second-order valence-corrected chi connectivity index (χ2v) is 4.28. The predicted octanol–water partition coefficient (Wildman–Crippen LogP) is 3.74. The van der Waals surface area contributed by atoms with Gasteiger partial charge in [-0.2, -0.15) is 0 Å². The van der Waals surface area contributed by atoms with Crippen LogP contribution in [0.3, 0.4) is 0 Å². The summed E-state index contributed by atoms with van der Waals surface area (Å²) in [6.45, 7) is 0. The number of aromatic nitrogens is 2. The minimum absolute atomic E-state index is 0.864. The fourth-order valence-corrected chi connectivity index (χ4v) is 2.05. The smallest absolute Gasteiger partial charge is 0.119 e. The maximum Gasteiger partial charge on any atom is 0.119 e. The molecule has 0 bridgehead atoms. The number of fused-ring (bicyclic) bond motifs is 1. The van der Waals surface area contributed by atoms with Gasteiger partial charge in [0.25, 0.3) is 0 Å². The molecule has 0 aliphatic heterocycles. The van der Waals surface area contributed by atoms with Crippen molar-refractivity contribution in [1.29, 1.82) is 0 Å². The lowest BCUT2D eigenvalue weighted by Crippen LogP contribution is -1.81. The quantitative estimate of drug-likeness (QED) is 0.769. The Hall–Kier alpha value is -2.55. The summed E-state index contributed by atoms with van der Waals surface area (Å²) in [6.07, 6.45) is 9.74. The summed E-state index contributed by atoms with van der Waals surface area (Å²) < 4.78 is 5.26. The summed E-state index contributed by atoms with van der Waals surface area (Å²) in [7, 11) is 1.68. The van der Waals surface area contributed by atoms with Gasteiger partial charge < -0.3 is 9.72 Å². The number of hydrogen-bond acceptors (Lipinski definition) is 2. The Kier molecular flexibility index (Phi) is 3.02. The van der Waals surface area contributed by atoms with Crippen molar-refractivity contribution in [2.75, 3.05) is 7.11 Å². The predicted molar refractivity (Wildman–Crippen MR) is 78.0 cm³/mol. The van der Waals surface area contributed by atoms with Crippen molar-refractivity contribution < 1.29 is 4.74 Å². The van der Waals surface area contributed by atoms with E-state index in [-0.39, 0.29) is 0 Å². The molecule has 94 valence electrons. The first-order valence-corrected chi connectivity index (χ1v) is 6.10. The van der Waals surface area contributed by atoms with Crippen molar-refractivity contribution in [1.82, 2.24) is 9.97 Å². The number of methoxy groups -OCH3 is 1. The minimum Gasteiger partial charge on any atom is -0.497 e. The average Bonchev–Trinajstić information content (AvgIpc) is 2.88. The zero-order chi connectivity index (χ0) is 13.1. The Bertz CT molecular complexity index is 714. The Morgan fingerprint density at radius 3 is 2.95 bits per heavy atom. The van der Waals surface area contributed by atoms with E-state index in [9.17, 15) is 0 Å². The van der Waals surface area contributed by atoms with Crippen molar-refractivity contribution in [2.24, 2.45) is 0 Å². The SMILES string of the molecule is COc1ccc2[nH]cc(/C=C/c3cccnc3)c2c1. The summed E-state index contributed by atoms with van der Waals surface area (Å²) in [4.78, 5) is 7.35. The topological polar surface area (TPSA) is 37.9 Å². The first-order chi connectivity index (χ1) is 9.36. The molecule has 19 heavy (non-hydrogen) atoms. The van der Waals surface area contributed by atoms with Crippen LogP contribution in [0.1, 0.15) is 11.1 Å². The molecule has 0 unspecified atom stereocenters. The van der Waals surface area contributed by atoms with Gasteiger partial charge in [-0.05, 0) is 35.4 Å². The van der Waals surface area contributed by atoms with Gasteiger partial charge in [0.15, 0.2) is 0 Å². The molecule has 0 saturated heterocycles. The molecule has 3 nitrogen and oxygen atoms in total. The number of nitrogens with one attached hydrogen (secondary N) is 1. The summed E-state index contributed by atoms with van der Waals surface area (Å²) in [5, 5.41) is 1.15. The zero-order valence-electron chi connectivity index (χ0n) is 10.6. The van der Waals surface area contributed by atoms with Gasteiger partial charge in [0.2, 0.25) is 0 Å². The summed E-state index contributed by atoms with van der Waals surface area (Å²) in [6, 6.07) is 9.97. The molecule has 1 N–H and O–H groups in total. The van der Waals surface area contributed by atoms with E-state index in [0.29, 0.717) is 0 Å². The van der Waals surface area contributed by atoms with Gasteiger partial charge in [-0.1, -0.05) is 18.2 Å². The van der Waals surface area contributed by atoms with Crippen LogP contribution in [0.5, 0.6) is 5.75 Å². The van der Waals surface area contributed by atoms with Crippen LogP contribution >= 0.6 is 0 Å². The van der Waals surface area contributed by atoms with Gasteiger partial charge in [0, 0.05) is 29.5 Å². The van der Waals surface area contributed by atoms with Gasteiger partial charge in [-0.25, -0.2) is 0 Å². The van der Waals surface area contributed by atoms with Gasteiger partial charge in [0.05, 0.1) is 7.11 Å². The summed E-state index contributed by atoms with van der Waals surface area (Å²) >= 11 is 0. The third-order valence-electron chi connectivity index (χ3n) is 3.06. The second-order valence-electron chi connectivity index (χ2n) is 4.28. The Labute approximate surface area is 111 Å². The number of pyridine rings is 1. The first-order valence-electron chi connectivity index (χ1n) is 6.10. The Balaban J connectivity index is 1.99. The molecule has 0 amide bonds. The van der Waals surface area contributed by atoms with E-state index >= 15 is 0 Å². The fourth-order valence-electron chi connectivity index (χ4n) is 2.05. The highest BCUT2D eigenvalue weighted by atomic mass is 16.5. The van der Waals surface area contributed by atoms with Crippen LogP contribution in [0.25, 0.3) is 23.1 Å². The lowest BCUT2D eigenvalue weighted by atomic mass is 10.1. The van der Waals surface area contributed by atoms with Gasteiger partial charge >= 0.3 is 0 Å². The second kappa shape index (κ2) is 4.98. The van der Waals surface area contributed by atoms with E-state index in [0.717, 1.165) is 27.8 Å². The molecule has 0 saturated carbocycles. The van der Waals surface area contributed by atoms with E-state index in [1.165, 1.54) is 0 Å². The van der Waals surface area contributed by atoms with Gasteiger partial charge in [-0.15, -0.1) is 0 Å². The molecule has 1 aromatic carbocycles. The van der Waals surface area contributed by atoms with Crippen LogP contribution in [0.15, 0.2) is 48.9 Å². The summed E-state index contributed by atoms with van der Waals surface area (Å²) in [5.41, 5.74) is 3.32. The number of ether oxygens (including phenoxy) is 1. The highest BCUT2D eigenvalue weighted by Crippen LogP contribution is 2.24. The number of benzene rings is 1. The first kappa shape index (κ1) is 11.5. The zero-order valence-corrected chi connectivity index (χ0v) is 10.6. The molecular weight excluding hydrogens is 236 g/mol. The van der Waals surface area contributed by atoms with Gasteiger partial charge in [0.1, 0.15) is 5.75 Å². The molecule has 0 spiro atoms. The van der Waals surface area contributed by atoms with E-state index in [2.05, 4.69) is 22.1 Å². The maximum absolute atomic E-state index is 5.26. The van der Waals surface area contributed by atoms with E-state index in [1.807, 2.05) is 42.7 Å². The minimum atomic E-state index is 0.864. The molecule has 0 fully saturated rings. The Morgan fingerprint density at radius 1 is 1.21 bits per heavy atom. The monoisotopic (exact) mass is 250 g/mol. The third kappa shape index (κ3) is 2.36. The molecular formula is C16H14N2O. The highest BCUT2D eigenvalue weighted by molar-refractivity contribution is 5.92. The van der Waals surface area contributed by atoms with E-state index in [4.69, 9.17) is 4.74 Å². The molecule has 3 rings (SSSR count). The summed E-state index contributed by atoms with van der Waals surface area (Å²) in [5.74, 6) is 0.864. The molecule has 0 radical (unpaired) electrons. The van der Waals surface area contributed by atoms with E-state index in [1.54, 1.807) is 13.3 Å². The molecule has 3 aromatic rings. The fraction of sp³-hybridized carbons (Fsp3) is 0.0625. The number of hydrogen-bond donors (Lipinski definition) is 1. The number of aromatic amines is 1. The highest BCUT2D eigenvalue weighted by Gasteiger charge is 2.02. The normalized spacial score (nSPS) is 11.2. The molecule has 2 aromatic heterocycles. The maximum atomic E-state index is 5.26. The van der Waals surface area contributed by atoms with Crippen LogP contribution in [0.2, 0.25) is 0 Å². The van der Waals surface area contributed by atoms with Crippen molar-refractivity contribution in [3.05, 3.63) is 60.0 Å². The lowest BCUT2D eigenvalue weighted by molar-refractivity contribution is 0.415. The molecule has 0 atom stereocenters. The molecule has 0 aliphatic rings. The van der Waals surface area contributed by atoms with Crippen LogP contribution in [0, 0.1) is 0 Å². The number of nitrogens with zero attached hydrogens (tertiary/aromatic N) is 1. The lowest BCUT2D eigenvalue weighted by Gasteiger charge is -1.99. The van der Waals surface area contributed by atoms with Crippen molar-refractivity contribution in [3.63, 3.8) is 0 Å². The van der Waals surface area contributed by atoms with E-state index < -0.39 is 0 Å². The van der Waals surface area contributed by atoms with Crippen LogP contribution in [0.4, 0.5) is 0 Å². The van der Waals surface area contributed by atoms with Crippen LogP contribution in [-0.2, 0) is 0 Å².